The number of hydrogen-bond acceptors (Lipinski definition) is 6. The molecule has 232 valence electrons. The van der Waals surface area contributed by atoms with Gasteiger partial charge in [-0.25, -0.2) is 17.6 Å². The van der Waals surface area contributed by atoms with Crippen molar-refractivity contribution >= 4 is 28.9 Å². The molecule has 4 fully saturated rings. The lowest BCUT2D eigenvalue weighted by Crippen LogP contribution is -2.51. The van der Waals surface area contributed by atoms with Gasteiger partial charge in [0.15, 0.2) is 5.82 Å². The first kappa shape index (κ1) is 29.2. The Morgan fingerprint density at radius 1 is 1.02 bits per heavy atom. The van der Waals surface area contributed by atoms with Crippen LogP contribution in [0.25, 0.3) is 23.1 Å². The van der Waals surface area contributed by atoms with Gasteiger partial charge in [0.2, 0.25) is 0 Å². The minimum Gasteiger partial charge on any atom is -0.461 e. The number of anilines is 1. The molecule has 10 heteroatoms. The van der Waals surface area contributed by atoms with Gasteiger partial charge in [-0.1, -0.05) is 31.2 Å². The number of alkyl halides is 1. The number of aryl methyl sites for hydroxylation is 1. The maximum Gasteiger partial charge on any atom is 0.319 e. The molecule has 4 saturated heterocycles. The molecule has 1 N–H and O–H groups in total. The summed E-state index contributed by atoms with van der Waals surface area (Å²) in [4.78, 5) is 13.4. The second-order valence-corrected chi connectivity index (χ2v) is 12.6. The van der Waals surface area contributed by atoms with Crippen LogP contribution in [0.3, 0.4) is 0 Å². The van der Waals surface area contributed by atoms with E-state index in [-0.39, 0.29) is 41.6 Å². The highest BCUT2D eigenvalue weighted by atomic mass is 19.1. The lowest BCUT2D eigenvalue weighted by Gasteiger charge is -2.34. The molecule has 4 atom stereocenters. The first-order chi connectivity index (χ1) is 21.3. The first-order valence-corrected chi connectivity index (χ1v) is 15.7. The number of nitrogens with one attached hydrogen (secondary N) is 1. The zero-order valence-electron chi connectivity index (χ0n) is 24.8. The van der Waals surface area contributed by atoms with Crippen LogP contribution >= 0.6 is 0 Å². The number of fused-ring (bicyclic) bond motifs is 4. The molecule has 1 aromatic heterocycles. The summed E-state index contributed by atoms with van der Waals surface area (Å²) in [5.41, 5.74) is 0.756. The van der Waals surface area contributed by atoms with E-state index in [0.717, 1.165) is 37.8 Å². The molecule has 7 rings (SSSR count). The lowest BCUT2D eigenvalue weighted by atomic mass is 9.95. The summed E-state index contributed by atoms with van der Waals surface area (Å²) in [5, 5.41) is 3.88. The fourth-order valence-electron chi connectivity index (χ4n) is 7.54. The molecule has 0 spiro atoms. The van der Waals surface area contributed by atoms with Crippen molar-refractivity contribution in [2.45, 2.75) is 69.2 Å². The second-order valence-electron chi connectivity index (χ2n) is 12.6. The number of allylic oxidation sites excluding steroid dienone is 2. The minimum absolute atomic E-state index is 0.0115. The Bertz CT molecular complexity index is 1620. The standard InChI is InChI=1S/C34H37F4N5O/c1-2-22-14-21(8-11-28(22)36)6-3-4-7-26-29(37)15-27-31(30(26)38)40-33(41-32(27)42-18-24-9-10-25(19-42)39-24)44-20-34-12-5-13-43(34)17-23(35)16-34/h3-4,6-8,11,14-15,23-25,39H,2,5,9-10,12-13,16-20H2,1H3/b6-3-,7-4+/t23-,24?,25?,34+/m1/s1. The quantitative estimate of drug-likeness (QED) is 0.242. The Morgan fingerprint density at radius 2 is 1.82 bits per heavy atom. The normalized spacial score (nSPS) is 26.9. The molecular weight excluding hydrogens is 570 g/mol. The molecule has 0 amide bonds. The number of rotatable bonds is 8. The average molecular weight is 608 g/mol. The Hall–Kier alpha value is -3.50. The zero-order valence-corrected chi connectivity index (χ0v) is 24.8. The second kappa shape index (κ2) is 11.8. The van der Waals surface area contributed by atoms with Crippen molar-refractivity contribution in [2.75, 3.05) is 37.7 Å². The molecule has 2 bridgehead atoms. The fraction of sp³-hybridized carbons (Fsp3) is 0.471. The summed E-state index contributed by atoms with van der Waals surface area (Å²) in [6, 6.07) is 6.72. The van der Waals surface area contributed by atoms with Crippen LogP contribution < -0.4 is 15.0 Å². The maximum absolute atomic E-state index is 16.1. The van der Waals surface area contributed by atoms with Gasteiger partial charge >= 0.3 is 6.01 Å². The topological polar surface area (TPSA) is 53.5 Å². The molecule has 5 heterocycles. The highest BCUT2D eigenvalue weighted by Gasteiger charge is 2.49. The van der Waals surface area contributed by atoms with E-state index in [4.69, 9.17) is 9.72 Å². The van der Waals surface area contributed by atoms with E-state index < -0.39 is 23.3 Å². The predicted molar refractivity (Wildman–Crippen MR) is 164 cm³/mol. The van der Waals surface area contributed by atoms with Crippen LogP contribution in [-0.4, -0.2) is 71.4 Å². The molecule has 0 radical (unpaired) electrons. The van der Waals surface area contributed by atoms with E-state index in [0.29, 0.717) is 49.2 Å². The van der Waals surface area contributed by atoms with Crippen LogP contribution in [-0.2, 0) is 6.42 Å². The van der Waals surface area contributed by atoms with E-state index in [9.17, 15) is 8.78 Å². The molecule has 4 aliphatic heterocycles. The Labute approximate surface area is 254 Å². The molecule has 2 unspecified atom stereocenters. The van der Waals surface area contributed by atoms with E-state index >= 15 is 8.78 Å². The molecule has 6 nitrogen and oxygen atoms in total. The molecule has 44 heavy (non-hydrogen) atoms. The van der Waals surface area contributed by atoms with Gasteiger partial charge in [-0.15, -0.1) is 0 Å². The molecule has 4 aliphatic rings. The largest absolute Gasteiger partial charge is 0.461 e. The van der Waals surface area contributed by atoms with Crippen molar-refractivity contribution in [1.82, 2.24) is 20.2 Å². The molecule has 3 aromatic rings. The van der Waals surface area contributed by atoms with Crippen LogP contribution in [0.4, 0.5) is 23.4 Å². The highest BCUT2D eigenvalue weighted by molar-refractivity contribution is 5.92. The van der Waals surface area contributed by atoms with Gasteiger partial charge in [0.25, 0.3) is 0 Å². The summed E-state index contributed by atoms with van der Waals surface area (Å²) in [7, 11) is 0. The van der Waals surface area contributed by atoms with Crippen LogP contribution in [0.2, 0.25) is 0 Å². The van der Waals surface area contributed by atoms with Crippen LogP contribution in [0.1, 0.15) is 55.7 Å². The van der Waals surface area contributed by atoms with Gasteiger partial charge in [0.1, 0.15) is 35.7 Å². The summed E-state index contributed by atoms with van der Waals surface area (Å²) < 4.78 is 66.0. The molecule has 0 aliphatic carbocycles. The van der Waals surface area contributed by atoms with Crippen LogP contribution in [0.5, 0.6) is 6.01 Å². The van der Waals surface area contributed by atoms with E-state index in [1.807, 2.05) is 6.92 Å². The summed E-state index contributed by atoms with van der Waals surface area (Å²) >= 11 is 0. The number of benzene rings is 2. The summed E-state index contributed by atoms with van der Waals surface area (Å²) in [5.74, 6) is -1.31. The SMILES string of the molecule is CCc1cc(/C=C\C=C\c2c(F)cc3c(N4CC5CCC(C4)N5)nc(OC[C@@]45CCCN4C[C@H](F)C5)nc3c2F)ccc1F. The van der Waals surface area contributed by atoms with Crippen molar-refractivity contribution in [1.29, 1.82) is 0 Å². The van der Waals surface area contributed by atoms with Crippen molar-refractivity contribution in [3.05, 3.63) is 70.6 Å². The third-order valence-electron chi connectivity index (χ3n) is 9.74. The molecule has 0 saturated carbocycles. The monoisotopic (exact) mass is 607 g/mol. The van der Waals surface area contributed by atoms with Crippen molar-refractivity contribution in [3.63, 3.8) is 0 Å². The Kier molecular flexibility index (Phi) is 7.82. The minimum atomic E-state index is -0.899. The van der Waals surface area contributed by atoms with Gasteiger partial charge in [0.05, 0.1) is 5.54 Å². The fourth-order valence-corrected chi connectivity index (χ4v) is 7.54. The van der Waals surface area contributed by atoms with Gasteiger partial charge in [-0.2, -0.15) is 9.97 Å². The van der Waals surface area contributed by atoms with E-state index in [1.54, 1.807) is 30.4 Å². The number of piperazine rings is 1. The van der Waals surface area contributed by atoms with Crippen molar-refractivity contribution < 1.29 is 22.3 Å². The lowest BCUT2D eigenvalue weighted by molar-refractivity contribution is 0.107. The van der Waals surface area contributed by atoms with Crippen molar-refractivity contribution in [2.24, 2.45) is 0 Å². The van der Waals surface area contributed by atoms with Crippen LogP contribution in [0, 0.1) is 17.5 Å². The average Bonchev–Trinajstić information content (AvgIpc) is 3.66. The zero-order chi connectivity index (χ0) is 30.4. The predicted octanol–water partition coefficient (Wildman–Crippen LogP) is 6.23. The highest BCUT2D eigenvalue weighted by Crippen LogP contribution is 2.41. The molecular formula is C34H37F4N5O. The number of hydrogen-bond donors (Lipinski definition) is 1. The Morgan fingerprint density at radius 3 is 2.61 bits per heavy atom. The van der Waals surface area contributed by atoms with Crippen LogP contribution in [0.15, 0.2) is 36.4 Å². The smallest absolute Gasteiger partial charge is 0.319 e. The number of halogens is 4. The Balaban J connectivity index is 1.22. The molecule has 2 aromatic carbocycles. The number of nitrogens with zero attached hydrogens (tertiary/aromatic N) is 4. The van der Waals surface area contributed by atoms with Gasteiger partial charge in [-0.05, 0) is 74.1 Å². The van der Waals surface area contributed by atoms with Gasteiger partial charge in [-0.3, -0.25) is 4.90 Å². The van der Waals surface area contributed by atoms with Gasteiger partial charge < -0.3 is 15.0 Å². The maximum atomic E-state index is 16.1. The number of ether oxygens (including phenoxy) is 1. The van der Waals surface area contributed by atoms with Crippen molar-refractivity contribution in [3.8, 4) is 6.01 Å². The number of aromatic nitrogens is 2. The van der Waals surface area contributed by atoms with E-state index in [2.05, 4.69) is 20.1 Å². The third kappa shape index (κ3) is 5.47. The van der Waals surface area contributed by atoms with E-state index in [1.165, 1.54) is 18.2 Å². The summed E-state index contributed by atoms with van der Waals surface area (Å²) in [6.45, 7) is 4.66. The van der Waals surface area contributed by atoms with Gasteiger partial charge in [0, 0.05) is 49.1 Å². The first-order valence-electron chi connectivity index (χ1n) is 15.7. The third-order valence-corrected chi connectivity index (χ3v) is 9.74. The summed E-state index contributed by atoms with van der Waals surface area (Å²) in [6.07, 6.45) is 10.3.